The topological polar surface area (TPSA) is 66.0 Å². The Morgan fingerprint density at radius 1 is 1.33 bits per heavy atom. The molecule has 1 aliphatic rings. The van der Waals surface area contributed by atoms with E-state index in [-0.39, 0.29) is 48.3 Å². The predicted molar refractivity (Wildman–Crippen MR) is 116 cm³/mol. The number of carbonyl (C=O) groups is 1. The normalized spacial score (nSPS) is 17.0. The number of guanidine groups is 1. The minimum atomic E-state index is -0.236. The van der Waals surface area contributed by atoms with E-state index in [1.54, 1.807) is 20.2 Å². The molecule has 1 aromatic carbocycles. The molecule has 27 heavy (non-hydrogen) atoms. The van der Waals surface area contributed by atoms with Gasteiger partial charge in [-0.25, -0.2) is 9.38 Å². The summed E-state index contributed by atoms with van der Waals surface area (Å²) in [6, 6.07) is 6.55. The summed E-state index contributed by atoms with van der Waals surface area (Å²) < 4.78 is 19.0. The van der Waals surface area contributed by atoms with E-state index in [1.165, 1.54) is 23.5 Å². The van der Waals surface area contributed by atoms with Gasteiger partial charge in [0.2, 0.25) is 5.91 Å². The Balaban J connectivity index is 0.00000364. The van der Waals surface area contributed by atoms with Crippen LogP contribution >= 0.6 is 24.0 Å². The van der Waals surface area contributed by atoms with Crippen LogP contribution in [0.2, 0.25) is 0 Å². The molecule has 6 nitrogen and oxygen atoms in total. The third kappa shape index (κ3) is 9.37. The second-order valence-electron chi connectivity index (χ2n) is 6.63. The summed E-state index contributed by atoms with van der Waals surface area (Å²) in [5, 5.41) is 6.46. The Hall–Kier alpha value is -1.42. The molecule has 1 unspecified atom stereocenters. The summed E-state index contributed by atoms with van der Waals surface area (Å²) in [4.78, 5) is 17.6. The molecule has 1 amide bonds. The summed E-state index contributed by atoms with van der Waals surface area (Å²) in [6.07, 6.45) is 4.15. The first kappa shape index (κ1) is 23.6. The van der Waals surface area contributed by atoms with Gasteiger partial charge in [0.25, 0.3) is 0 Å². The number of carbonyl (C=O) groups excluding carboxylic acids is 1. The van der Waals surface area contributed by atoms with Crippen molar-refractivity contribution in [3.8, 4) is 0 Å². The number of aliphatic imine (C=N–C) groups is 1. The number of nitrogens with one attached hydrogen (secondary N) is 2. The zero-order valence-electron chi connectivity index (χ0n) is 16.0. The van der Waals surface area contributed by atoms with Gasteiger partial charge in [-0.2, -0.15) is 0 Å². The van der Waals surface area contributed by atoms with Gasteiger partial charge in [-0.05, 0) is 43.4 Å². The predicted octanol–water partition coefficient (Wildman–Crippen LogP) is 2.18. The van der Waals surface area contributed by atoms with E-state index in [9.17, 15) is 9.18 Å². The highest BCUT2D eigenvalue weighted by Crippen LogP contribution is 2.11. The van der Waals surface area contributed by atoms with Crippen LogP contribution in [0, 0.1) is 5.82 Å². The zero-order valence-corrected chi connectivity index (χ0v) is 18.4. The molecule has 2 rings (SSSR count). The molecule has 1 saturated heterocycles. The highest BCUT2D eigenvalue weighted by molar-refractivity contribution is 14.0. The number of rotatable bonds is 7. The molecule has 0 radical (unpaired) electrons. The number of hydrogen-bond acceptors (Lipinski definition) is 3. The molecule has 8 heteroatoms. The fourth-order valence-electron chi connectivity index (χ4n) is 2.66. The van der Waals surface area contributed by atoms with Gasteiger partial charge < -0.3 is 20.3 Å². The fraction of sp³-hybridized carbons (Fsp3) is 0.579. The third-order valence-corrected chi connectivity index (χ3v) is 4.24. The van der Waals surface area contributed by atoms with Crippen LogP contribution in [-0.4, -0.2) is 63.2 Å². The van der Waals surface area contributed by atoms with Gasteiger partial charge in [0.1, 0.15) is 12.4 Å². The minimum absolute atomic E-state index is 0. The van der Waals surface area contributed by atoms with Crippen molar-refractivity contribution >= 4 is 35.8 Å². The molecule has 0 bridgehead atoms. The zero-order chi connectivity index (χ0) is 18.8. The van der Waals surface area contributed by atoms with Gasteiger partial charge in [0, 0.05) is 33.8 Å². The number of likely N-dealkylation sites (N-methyl/N-ethyl adjacent to an activating group) is 1. The van der Waals surface area contributed by atoms with E-state index in [4.69, 9.17) is 4.74 Å². The lowest BCUT2D eigenvalue weighted by Crippen LogP contribution is -2.43. The minimum Gasteiger partial charge on any atom is -0.376 e. The quantitative estimate of drug-likeness (QED) is 0.348. The Kier molecular flexibility index (Phi) is 11.3. The monoisotopic (exact) mass is 492 g/mol. The molecular formula is C19H30FIN4O2. The molecule has 0 saturated carbocycles. The summed E-state index contributed by atoms with van der Waals surface area (Å²) in [7, 11) is 3.41. The number of nitrogens with zero attached hydrogens (tertiary/aromatic N) is 2. The van der Waals surface area contributed by atoms with E-state index < -0.39 is 0 Å². The Morgan fingerprint density at radius 3 is 2.81 bits per heavy atom. The molecule has 2 N–H and O–H groups in total. The maximum absolute atomic E-state index is 13.3. The Morgan fingerprint density at radius 2 is 2.15 bits per heavy atom. The number of ether oxygens (including phenoxy) is 1. The van der Waals surface area contributed by atoms with Crippen LogP contribution in [0.5, 0.6) is 0 Å². The van der Waals surface area contributed by atoms with Crippen molar-refractivity contribution in [2.45, 2.75) is 31.8 Å². The first-order valence-corrected chi connectivity index (χ1v) is 9.13. The van der Waals surface area contributed by atoms with Gasteiger partial charge in [-0.15, -0.1) is 24.0 Å². The molecule has 1 aromatic rings. The highest BCUT2D eigenvalue weighted by atomic mass is 127. The molecular weight excluding hydrogens is 462 g/mol. The second-order valence-corrected chi connectivity index (χ2v) is 6.63. The maximum atomic E-state index is 13.3. The van der Waals surface area contributed by atoms with Gasteiger partial charge in [-0.3, -0.25) is 4.79 Å². The van der Waals surface area contributed by atoms with Gasteiger partial charge in [-0.1, -0.05) is 12.1 Å². The number of amides is 1. The van der Waals surface area contributed by atoms with Crippen molar-refractivity contribution in [2.24, 2.45) is 4.99 Å². The molecule has 1 atom stereocenters. The van der Waals surface area contributed by atoms with Gasteiger partial charge >= 0.3 is 0 Å². The first-order chi connectivity index (χ1) is 12.5. The Labute approximate surface area is 178 Å². The molecule has 152 valence electrons. The van der Waals surface area contributed by atoms with Crippen LogP contribution in [0.4, 0.5) is 4.39 Å². The second kappa shape index (κ2) is 12.9. The summed E-state index contributed by atoms with van der Waals surface area (Å²) >= 11 is 0. The van der Waals surface area contributed by atoms with Crippen molar-refractivity contribution in [2.75, 3.05) is 40.3 Å². The van der Waals surface area contributed by atoms with Crippen molar-refractivity contribution in [1.82, 2.24) is 15.5 Å². The number of hydrogen-bond donors (Lipinski definition) is 2. The lowest BCUT2D eigenvalue weighted by atomic mass is 10.1. The molecule has 1 fully saturated rings. The number of benzene rings is 1. The third-order valence-electron chi connectivity index (χ3n) is 4.24. The van der Waals surface area contributed by atoms with Gasteiger partial charge in [0.05, 0.1) is 6.10 Å². The van der Waals surface area contributed by atoms with Gasteiger partial charge in [0.15, 0.2) is 5.96 Å². The van der Waals surface area contributed by atoms with E-state index in [0.29, 0.717) is 25.5 Å². The van der Waals surface area contributed by atoms with Crippen LogP contribution in [0.15, 0.2) is 29.3 Å². The molecule has 1 heterocycles. The summed E-state index contributed by atoms with van der Waals surface area (Å²) in [5.41, 5.74) is 0.914. The molecule has 0 aromatic heterocycles. The Bertz CT molecular complexity index is 607. The molecule has 0 aliphatic carbocycles. The van der Waals surface area contributed by atoms with E-state index >= 15 is 0 Å². The van der Waals surface area contributed by atoms with Crippen molar-refractivity contribution in [3.05, 3.63) is 35.6 Å². The lowest BCUT2D eigenvalue weighted by molar-refractivity contribution is -0.127. The van der Waals surface area contributed by atoms with Crippen LogP contribution in [-0.2, 0) is 16.0 Å². The largest absolute Gasteiger partial charge is 0.376 e. The van der Waals surface area contributed by atoms with E-state index in [0.717, 1.165) is 25.0 Å². The van der Waals surface area contributed by atoms with E-state index in [2.05, 4.69) is 15.6 Å². The maximum Gasteiger partial charge on any atom is 0.243 e. The first-order valence-electron chi connectivity index (χ1n) is 9.13. The van der Waals surface area contributed by atoms with E-state index in [1.807, 2.05) is 6.07 Å². The highest BCUT2D eigenvalue weighted by Gasteiger charge is 2.14. The van der Waals surface area contributed by atoms with Crippen molar-refractivity contribution in [3.63, 3.8) is 0 Å². The van der Waals surface area contributed by atoms with Crippen molar-refractivity contribution < 1.29 is 13.9 Å². The molecule has 0 spiro atoms. The number of halogens is 2. The van der Waals surface area contributed by atoms with Crippen molar-refractivity contribution in [1.29, 1.82) is 0 Å². The average molecular weight is 492 g/mol. The SMILES string of the molecule is CN(C)C(=O)CN=C(NCCc1cccc(F)c1)NCC1CCCCO1.I. The standard InChI is InChI=1S/C19H29FN4O2.HI/c1-24(2)18(25)14-23-19(22-13-17-8-3-4-11-26-17)21-10-9-15-6-5-7-16(20)12-15;/h5-7,12,17H,3-4,8-11,13-14H2,1-2H3,(H2,21,22,23);1H. The average Bonchev–Trinajstić information content (AvgIpc) is 2.64. The fourth-order valence-corrected chi connectivity index (χ4v) is 2.66. The summed E-state index contributed by atoms with van der Waals surface area (Å²) in [5.74, 6) is 0.275. The smallest absolute Gasteiger partial charge is 0.243 e. The molecule has 1 aliphatic heterocycles. The van der Waals surface area contributed by atoms with Crippen LogP contribution in [0.25, 0.3) is 0 Å². The lowest BCUT2D eigenvalue weighted by Gasteiger charge is -2.24. The summed E-state index contributed by atoms with van der Waals surface area (Å²) in [6.45, 7) is 2.12. The van der Waals surface area contributed by atoms with Crippen LogP contribution < -0.4 is 10.6 Å². The van der Waals surface area contributed by atoms with Crippen LogP contribution in [0.1, 0.15) is 24.8 Å². The van der Waals surface area contributed by atoms with Crippen LogP contribution in [0.3, 0.4) is 0 Å².